The number of nitrogens with one attached hydrogen (secondary N) is 3. The van der Waals surface area contributed by atoms with Crippen LogP contribution in [0.4, 0.5) is 0 Å². The first-order chi connectivity index (χ1) is 21.4. The number of aliphatic hydroxyl groups is 1. The monoisotopic (exact) mass is 648 g/mol. The first-order valence-electron chi connectivity index (χ1n) is 15.3. The number of rotatable bonds is 17. The predicted octanol–water partition coefficient (Wildman–Crippen LogP) is 1.92. The van der Waals surface area contributed by atoms with E-state index in [1.807, 2.05) is 44.2 Å². The summed E-state index contributed by atoms with van der Waals surface area (Å²) in [5.74, 6) is -0.359. The molecule has 1 aliphatic rings. The van der Waals surface area contributed by atoms with Gasteiger partial charge in [-0.1, -0.05) is 58.0 Å². The Kier molecular flexibility index (Phi) is 14.1. The summed E-state index contributed by atoms with van der Waals surface area (Å²) >= 11 is 0. The Hall–Kier alpha value is -3.23. The molecule has 1 aliphatic heterocycles. The first-order valence-corrected chi connectivity index (χ1v) is 16.9. The van der Waals surface area contributed by atoms with Crippen molar-refractivity contribution in [1.82, 2.24) is 21.1 Å². The van der Waals surface area contributed by atoms with Crippen LogP contribution in [0.25, 0.3) is 0 Å². The van der Waals surface area contributed by atoms with Crippen LogP contribution in [0.3, 0.4) is 0 Å². The van der Waals surface area contributed by atoms with Crippen molar-refractivity contribution < 1.29 is 37.3 Å². The van der Waals surface area contributed by atoms with Crippen molar-refractivity contribution in [2.75, 3.05) is 46.6 Å². The molecule has 0 spiro atoms. The third kappa shape index (κ3) is 10.7. The van der Waals surface area contributed by atoms with Gasteiger partial charge in [-0.15, -0.1) is 0 Å². The molecule has 3 atom stereocenters. The Morgan fingerprint density at radius 1 is 1.02 bits per heavy atom. The standard InChI is InChI=1S/C32H48N4O8S/c1-22(2)17-31(39)36(35-30(38)21-33-13-14-42-5)26(18-24-9-7-6-8-10-24)27(37)20-34-32(23(3)4)45(40,41)25-11-12-28-29(19-25)44-16-15-43-28/h6-12,19,22-23,26-27,32-34,37H,13-18,20-21H2,1-5H3,(H,35,38)/t26?,27-,32?/m1/s1. The summed E-state index contributed by atoms with van der Waals surface area (Å²) in [5.41, 5.74) is 3.54. The van der Waals surface area contributed by atoms with Crippen molar-refractivity contribution in [3.63, 3.8) is 0 Å². The number of aliphatic hydroxyl groups excluding tert-OH is 1. The van der Waals surface area contributed by atoms with Crippen molar-refractivity contribution >= 4 is 21.7 Å². The number of benzene rings is 2. The van der Waals surface area contributed by atoms with E-state index in [4.69, 9.17) is 14.2 Å². The van der Waals surface area contributed by atoms with Crippen LogP contribution in [-0.2, 0) is 30.6 Å². The van der Waals surface area contributed by atoms with Crippen molar-refractivity contribution in [3.8, 4) is 11.5 Å². The van der Waals surface area contributed by atoms with Gasteiger partial charge in [-0.2, -0.15) is 0 Å². The van der Waals surface area contributed by atoms with Crippen molar-refractivity contribution in [2.45, 2.75) is 63.0 Å². The minimum absolute atomic E-state index is 0.00849. The highest BCUT2D eigenvalue weighted by atomic mass is 32.2. The molecular weight excluding hydrogens is 600 g/mol. The molecule has 1 heterocycles. The SMILES string of the molecule is COCCNCC(=O)NN(C(=O)CC(C)C)C(Cc1ccccc1)[C@H](O)CNC(C(C)C)S(=O)(=O)c1ccc2c(c1)OCCO2. The number of amides is 2. The molecule has 45 heavy (non-hydrogen) atoms. The van der Waals surface area contributed by atoms with Gasteiger partial charge < -0.3 is 24.6 Å². The second-order valence-electron chi connectivity index (χ2n) is 11.8. The molecule has 2 unspecified atom stereocenters. The molecule has 12 nitrogen and oxygen atoms in total. The normalized spacial score (nSPS) is 15.0. The molecule has 0 radical (unpaired) electrons. The highest BCUT2D eigenvalue weighted by Gasteiger charge is 2.35. The van der Waals surface area contributed by atoms with Gasteiger partial charge in [0, 0.05) is 32.7 Å². The van der Waals surface area contributed by atoms with Crippen LogP contribution in [0, 0.1) is 11.8 Å². The number of methoxy groups -OCH3 is 1. The third-order valence-corrected chi connectivity index (χ3v) is 9.53. The van der Waals surface area contributed by atoms with Gasteiger partial charge in [-0.3, -0.25) is 20.3 Å². The van der Waals surface area contributed by atoms with Gasteiger partial charge in [0.15, 0.2) is 21.3 Å². The number of carbonyl (C=O) groups is 2. The van der Waals surface area contributed by atoms with Crippen LogP contribution in [0.15, 0.2) is 53.4 Å². The minimum Gasteiger partial charge on any atom is -0.486 e. The Labute approximate surface area is 266 Å². The highest BCUT2D eigenvalue weighted by Crippen LogP contribution is 2.34. The van der Waals surface area contributed by atoms with Crippen LogP contribution in [0.5, 0.6) is 11.5 Å². The number of hydrazine groups is 1. The smallest absolute Gasteiger partial charge is 0.252 e. The molecule has 0 aromatic heterocycles. The molecule has 0 bridgehead atoms. The van der Waals surface area contributed by atoms with Gasteiger partial charge in [0.1, 0.15) is 18.6 Å². The lowest BCUT2D eigenvalue weighted by atomic mass is 9.99. The average molecular weight is 649 g/mol. The number of hydrogen-bond acceptors (Lipinski definition) is 10. The van der Waals surface area contributed by atoms with Crippen molar-refractivity contribution in [2.24, 2.45) is 11.8 Å². The molecule has 2 aromatic carbocycles. The van der Waals surface area contributed by atoms with Crippen LogP contribution in [-0.4, -0.2) is 94.4 Å². The van der Waals surface area contributed by atoms with Crippen LogP contribution < -0.4 is 25.5 Å². The summed E-state index contributed by atoms with van der Waals surface area (Å²) in [5, 5.41) is 17.8. The fourth-order valence-electron chi connectivity index (χ4n) is 5.01. The third-order valence-electron chi connectivity index (χ3n) is 7.24. The van der Waals surface area contributed by atoms with E-state index in [0.29, 0.717) is 37.9 Å². The van der Waals surface area contributed by atoms with Gasteiger partial charge in [-0.25, -0.2) is 13.4 Å². The summed E-state index contributed by atoms with van der Waals surface area (Å²) in [4.78, 5) is 26.5. The maximum Gasteiger partial charge on any atom is 0.252 e. The summed E-state index contributed by atoms with van der Waals surface area (Å²) in [6.07, 6.45) is -0.901. The number of hydrogen-bond donors (Lipinski definition) is 4. The zero-order valence-electron chi connectivity index (χ0n) is 26.8. The van der Waals surface area contributed by atoms with Crippen molar-refractivity contribution in [1.29, 1.82) is 0 Å². The van der Waals surface area contributed by atoms with E-state index in [0.717, 1.165) is 5.56 Å². The molecule has 2 aromatic rings. The highest BCUT2D eigenvalue weighted by molar-refractivity contribution is 7.92. The first kappa shape index (κ1) is 36.2. The van der Waals surface area contributed by atoms with Gasteiger partial charge in [0.05, 0.1) is 30.2 Å². The largest absolute Gasteiger partial charge is 0.486 e. The summed E-state index contributed by atoms with van der Waals surface area (Å²) in [6.45, 7) is 8.67. The number of fused-ring (bicyclic) bond motifs is 1. The van der Waals surface area contributed by atoms with Gasteiger partial charge in [0.25, 0.3) is 5.91 Å². The van der Waals surface area contributed by atoms with E-state index >= 15 is 0 Å². The molecule has 0 fully saturated rings. The van der Waals surface area contributed by atoms with Gasteiger partial charge in [-0.05, 0) is 36.0 Å². The molecular formula is C32H48N4O8S. The summed E-state index contributed by atoms with van der Waals surface area (Å²) in [6, 6.07) is 12.9. The van der Waals surface area contributed by atoms with Crippen molar-refractivity contribution in [3.05, 3.63) is 54.1 Å². The van der Waals surface area contributed by atoms with Crippen LogP contribution in [0.2, 0.25) is 0 Å². The molecule has 0 saturated carbocycles. The lowest BCUT2D eigenvalue weighted by molar-refractivity contribution is -0.148. The maximum absolute atomic E-state index is 13.8. The number of ether oxygens (including phenoxy) is 3. The van der Waals surface area contributed by atoms with E-state index in [-0.39, 0.29) is 48.6 Å². The number of sulfone groups is 1. The molecule has 2 amide bonds. The summed E-state index contributed by atoms with van der Waals surface area (Å²) < 4.78 is 43.8. The second-order valence-corrected chi connectivity index (χ2v) is 13.9. The average Bonchev–Trinajstić information content (AvgIpc) is 3.00. The molecule has 4 N–H and O–H groups in total. The quantitative estimate of drug-likeness (QED) is 0.148. The van der Waals surface area contributed by atoms with Gasteiger partial charge >= 0.3 is 0 Å². The molecule has 3 rings (SSSR count). The summed E-state index contributed by atoms with van der Waals surface area (Å²) in [7, 11) is -2.37. The van der Waals surface area contributed by atoms with Crippen LogP contribution >= 0.6 is 0 Å². The number of nitrogens with zero attached hydrogens (tertiary/aromatic N) is 1. The molecule has 13 heteroatoms. The minimum atomic E-state index is -3.93. The van der Waals surface area contributed by atoms with E-state index in [1.165, 1.54) is 17.1 Å². The zero-order chi connectivity index (χ0) is 33.0. The van der Waals surface area contributed by atoms with Gasteiger partial charge in [0.2, 0.25) is 5.91 Å². The topological polar surface area (TPSA) is 156 Å². The Morgan fingerprint density at radius 3 is 2.36 bits per heavy atom. The molecule has 0 saturated heterocycles. The maximum atomic E-state index is 13.8. The van der Waals surface area contributed by atoms with E-state index in [2.05, 4.69) is 16.1 Å². The lowest BCUT2D eigenvalue weighted by Crippen LogP contribution is -2.60. The van der Waals surface area contributed by atoms with E-state index in [1.54, 1.807) is 27.0 Å². The van der Waals surface area contributed by atoms with E-state index < -0.39 is 33.3 Å². The lowest BCUT2D eigenvalue weighted by Gasteiger charge is -2.36. The Bertz CT molecular complexity index is 1340. The molecule has 250 valence electrons. The second kappa shape index (κ2) is 17.5. The fraction of sp³-hybridized carbons (Fsp3) is 0.562. The predicted molar refractivity (Wildman–Crippen MR) is 170 cm³/mol. The Morgan fingerprint density at radius 2 is 1.71 bits per heavy atom. The Balaban J connectivity index is 1.87. The van der Waals surface area contributed by atoms with E-state index in [9.17, 15) is 23.1 Å². The van der Waals surface area contributed by atoms with Crippen LogP contribution in [0.1, 0.15) is 39.7 Å². The molecule has 0 aliphatic carbocycles. The number of carbonyl (C=O) groups excluding carboxylic acids is 2. The fourth-order valence-corrected chi connectivity index (χ4v) is 6.86. The zero-order valence-corrected chi connectivity index (χ0v) is 27.6.